The molecule has 1 aliphatic heterocycles. The Balaban J connectivity index is 0.00000240. The van der Waals surface area contributed by atoms with Crippen molar-refractivity contribution in [1.82, 2.24) is 9.55 Å². The van der Waals surface area contributed by atoms with Gasteiger partial charge in [0.25, 0.3) is 0 Å². The van der Waals surface area contributed by atoms with Crippen molar-refractivity contribution in [3.8, 4) is 0 Å². The van der Waals surface area contributed by atoms with Gasteiger partial charge in [-0.25, -0.2) is 14.2 Å². The Morgan fingerprint density at radius 3 is 2.66 bits per heavy atom. The summed E-state index contributed by atoms with van der Waals surface area (Å²) in [6, 6.07) is 0.957. The van der Waals surface area contributed by atoms with Gasteiger partial charge in [0.1, 0.15) is 11.2 Å². The van der Waals surface area contributed by atoms with Crippen LogP contribution in [-0.2, 0) is 0 Å². The molecule has 8 nitrogen and oxygen atoms in total. The third-order valence-electron chi connectivity index (χ3n) is 5.72. The maximum Gasteiger partial charge on any atom is 0.341 e. The molecule has 3 heterocycles. The van der Waals surface area contributed by atoms with Crippen molar-refractivity contribution >= 4 is 35.2 Å². The number of nitrogens with zero attached hydrogens (tertiary/aromatic N) is 3. The number of hydrogen-bond acceptors (Lipinski definition) is 6. The number of anilines is 1. The number of aromatic nitrogens is 2. The zero-order valence-electron chi connectivity index (χ0n) is 15.8. The molecule has 158 valence electrons. The zero-order valence-corrected chi connectivity index (χ0v) is 16.6. The quantitative estimate of drug-likeness (QED) is 0.662. The van der Waals surface area contributed by atoms with Gasteiger partial charge >= 0.3 is 5.97 Å². The second-order valence-electron chi connectivity index (χ2n) is 7.65. The SMILES string of the molecule is Cl.N[C@H]1CN(c2nc3c(cc2F)c(=O)c(C(=O)O)cn3C2CC2)CC[C@@H]1CCO. The predicted molar refractivity (Wildman–Crippen MR) is 108 cm³/mol. The second kappa shape index (κ2) is 8.25. The topological polar surface area (TPSA) is 122 Å². The molecule has 1 saturated carbocycles. The molecule has 0 unspecified atom stereocenters. The van der Waals surface area contributed by atoms with Crippen LogP contribution in [0.5, 0.6) is 0 Å². The number of aliphatic hydroxyl groups is 1. The van der Waals surface area contributed by atoms with Gasteiger partial charge in [0.05, 0.1) is 5.39 Å². The van der Waals surface area contributed by atoms with Crippen LogP contribution >= 0.6 is 12.4 Å². The van der Waals surface area contributed by atoms with E-state index in [1.165, 1.54) is 6.20 Å². The van der Waals surface area contributed by atoms with Crippen molar-refractivity contribution in [1.29, 1.82) is 0 Å². The van der Waals surface area contributed by atoms with Crippen molar-refractivity contribution in [3.63, 3.8) is 0 Å². The highest BCUT2D eigenvalue weighted by atomic mass is 35.5. The number of rotatable bonds is 5. The summed E-state index contributed by atoms with van der Waals surface area (Å²) in [6.45, 7) is 1.02. The number of aliphatic hydroxyl groups excluding tert-OH is 1. The lowest BCUT2D eigenvalue weighted by atomic mass is 9.89. The third-order valence-corrected chi connectivity index (χ3v) is 5.72. The molecule has 2 aromatic heterocycles. The van der Waals surface area contributed by atoms with Gasteiger partial charge in [0.2, 0.25) is 5.43 Å². The van der Waals surface area contributed by atoms with Crippen LogP contribution in [0.15, 0.2) is 17.1 Å². The summed E-state index contributed by atoms with van der Waals surface area (Å²) < 4.78 is 16.5. The molecule has 2 fully saturated rings. The largest absolute Gasteiger partial charge is 0.477 e. The van der Waals surface area contributed by atoms with E-state index in [1.807, 2.05) is 0 Å². The minimum atomic E-state index is -1.33. The molecule has 0 aromatic carbocycles. The van der Waals surface area contributed by atoms with Crippen LogP contribution in [0.4, 0.5) is 10.2 Å². The maximum atomic E-state index is 14.9. The Bertz CT molecular complexity index is 994. The molecule has 0 bridgehead atoms. The van der Waals surface area contributed by atoms with Crippen molar-refractivity contribution < 1.29 is 19.4 Å². The third kappa shape index (κ3) is 3.94. The van der Waals surface area contributed by atoms with E-state index in [-0.39, 0.29) is 53.8 Å². The number of fused-ring (bicyclic) bond motifs is 1. The van der Waals surface area contributed by atoms with Crippen molar-refractivity contribution in [2.45, 2.75) is 37.8 Å². The average Bonchev–Trinajstić information content (AvgIpc) is 3.49. The number of piperidine rings is 1. The summed E-state index contributed by atoms with van der Waals surface area (Å²) in [5, 5.41) is 18.4. The van der Waals surface area contributed by atoms with E-state index in [2.05, 4.69) is 4.98 Å². The molecular formula is C19H24ClFN4O4. The minimum Gasteiger partial charge on any atom is -0.477 e. The molecule has 2 aliphatic rings. The van der Waals surface area contributed by atoms with Crippen LogP contribution in [0.25, 0.3) is 11.0 Å². The Kier molecular flexibility index (Phi) is 6.11. The van der Waals surface area contributed by atoms with Crippen LogP contribution in [0, 0.1) is 11.7 Å². The summed E-state index contributed by atoms with van der Waals surface area (Å²) in [4.78, 5) is 30.1. The summed E-state index contributed by atoms with van der Waals surface area (Å²) in [5.41, 5.74) is 5.40. The van der Waals surface area contributed by atoms with Gasteiger partial charge in [0.15, 0.2) is 11.6 Å². The lowest BCUT2D eigenvalue weighted by Crippen LogP contribution is -2.49. The van der Waals surface area contributed by atoms with E-state index in [0.717, 1.165) is 18.9 Å². The van der Waals surface area contributed by atoms with Crippen LogP contribution < -0.4 is 16.1 Å². The van der Waals surface area contributed by atoms with Gasteiger partial charge in [-0.05, 0) is 37.7 Å². The zero-order chi connectivity index (χ0) is 20.0. The lowest BCUT2D eigenvalue weighted by molar-refractivity contribution is 0.0695. The van der Waals surface area contributed by atoms with E-state index in [9.17, 15) is 19.1 Å². The molecule has 2 aromatic rings. The summed E-state index contributed by atoms with van der Waals surface area (Å²) in [5.74, 6) is -1.69. The Morgan fingerprint density at radius 1 is 1.34 bits per heavy atom. The molecule has 0 radical (unpaired) electrons. The highest BCUT2D eigenvalue weighted by molar-refractivity contribution is 5.92. The number of aromatic carboxylic acids is 1. The van der Waals surface area contributed by atoms with E-state index in [1.54, 1.807) is 9.47 Å². The fourth-order valence-electron chi connectivity index (χ4n) is 3.99. The van der Waals surface area contributed by atoms with Crippen LogP contribution in [0.2, 0.25) is 0 Å². The highest BCUT2D eigenvalue weighted by Crippen LogP contribution is 2.37. The molecule has 0 amide bonds. The van der Waals surface area contributed by atoms with Gasteiger partial charge < -0.3 is 25.4 Å². The number of carboxylic acids is 1. The van der Waals surface area contributed by atoms with E-state index >= 15 is 0 Å². The standard InChI is InChI=1S/C19H23FN4O4.ClH/c20-14-7-12-16(26)13(19(27)28)8-24(11-1-2-11)17(12)22-18(14)23-5-3-10(4-6-25)15(21)9-23;/h7-8,10-11,15,25H,1-6,9,21H2,(H,27,28);1H/t10-,15+;/m1./s1. The van der Waals surface area contributed by atoms with Gasteiger partial charge in [-0.15, -0.1) is 12.4 Å². The molecule has 0 spiro atoms. The molecule has 1 aliphatic carbocycles. The maximum absolute atomic E-state index is 14.9. The van der Waals surface area contributed by atoms with Crippen molar-refractivity contribution in [2.75, 3.05) is 24.6 Å². The number of hydrogen-bond donors (Lipinski definition) is 3. The smallest absolute Gasteiger partial charge is 0.341 e. The second-order valence-corrected chi connectivity index (χ2v) is 7.65. The van der Waals surface area contributed by atoms with E-state index in [0.29, 0.717) is 31.6 Å². The molecule has 2 atom stereocenters. The molecule has 1 saturated heterocycles. The Hall–Kier alpha value is -2.23. The minimum absolute atomic E-state index is 0. The Labute approximate surface area is 172 Å². The van der Waals surface area contributed by atoms with Gasteiger partial charge in [-0.3, -0.25) is 4.79 Å². The first-order valence-electron chi connectivity index (χ1n) is 9.50. The number of nitrogens with two attached hydrogens (primary N) is 1. The number of carbonyl (C=O) groups is 1. The Morgan fingerprint density at radius 2 is 2.07 bits per heavy atom. The molecule has 10 heteroatoms. The number of halogens is 2. The monoisotopic (exact) mass is 426 g/mol. The van der Waals surface area contributed by atoms with Crippen molar-refractivity contribution in [2.24, 2.45) is 11.7 Å². The fraction of sp³-hybridized carbons (Fsp3) is 0.526. The molecular weight excluding hydrogens is 403 g/mol. The normalized spacial score (nSPS) is 21.8. The van der Waals surface area contributed by atoms with Crippen LogP contribution in [-0.4, -0.2) is 51.5 Å². The summed E-state index contributed by atoms with van der Waals surface area (Å²) in [7, 11) is 0. The van der Waals surface area contributed by atoms with Gasteiger partial charge in [-0.1, -0.05) is 0 Å². The summed E-state index contributed by atoms with van der Waals surface area (Å²) in [6.07, 6.45) is 4.38. The summed E-state index contributed by atoms with van der Waals surface area (Å²) >= 11 is 0. The van der Waals surface area contributed by atoms with Gasteiger partial charge in [-0.2, -0.15) is 0 Å². The van der Waals surface area contributed by atoms with Crippen molar-refractivity contribution in [3.05, 3.63) is 33.9 Å². The fourth-order valence-corrected chi connectivity index (χ4v) is 3.99. The molecule has 4 rings (SSSR count). The lowest BCUT2D eigenvalue weighted by Gasteiger charge is -2.37. The molecule has 29 heavy (non-hydrogen) atoms. The first-order chi connectivity index (χ1) is 13.4. The first-order valence-corrected chi connectivity index (χ1v) is 9.50. The van der Waals surface area contributed by atoms with Crippen LogP contribution in [0.3, 0.4) is 0 Å². The first kappa shape index (κ1) is 21.5. The van der Waals surface area contributed by atoms with E-state index in [4.69, 9.17) is 10.8 Å². The number of pyridine rings is 2. The molecule has 4 N–H and O–H groups in total. The van der Waals surface area contributed by atoms with E-state index < -0.39 is 17.2 Å². The highest BCUT2D eigenvalue weighted by Gasteiger charge is 2.31. The van der Waals surface area contributed by atoms with Crippen LogP contribution in [0.1, 0.15) is 42.1 Å². The predicted octanol–water partition coefficient (Wildman–Crippen LogP) is 1.53. The number of carboxylic acid groups (broad SMARTS) is 1. The van der Waals surface area contributed by atoms with Gasteiger partial charge in [0, 0.05) is 38.0 Å². The average molecular weight is 427 g/mol.